The first-order valence-electron chi connectivity index (χ1n) is 7.56. The van der Waals surface area contributed by atoms with E-state index in [4.69, 9.17) is 0 Å². The predicted octanol–water partition coefficient (Wildman–Crippen LogP) is 3.28. The number of hydrogen-bond acceptors (Lipinski definition) is 2. The second-order valence-electron chi connectivity index (χ2n) is 5.84. The van der Waals surface area contributed by atoms with Gasteiger partial charge in [-0.2, -0.15) is 0 Å². The third-order valence-electron chi connectivity index (χ3n) is 5.03. The van der Waals surface area contributed by atoms with Crippen LogP contribution >= 0.6 is 0 Å². The highest BCUT2D eigenvalue weighted by Gasteiger charge is 2.32. The van der Waals surface area contributed by atoms with Crippen molar-refractivity contribution in [3.8, 4) is 0 Å². The molecule has 1 rings (SSSR count). The minimum absolute atomic E-state index is 0.668. The number of piperidine rings is 1. The summed E-state index contributed by atoms with van der Waals surface area (Å²) in [6.45, 7) is 10.9. The summed E-state index contributed by atoms with van der Waals surface area (Å²) in [5, 5.41) is 3.24. The molecule has 1 N–H and O–H groups in total. The van der Waals surface area contributed by atoms with E-state index in [-0.39, 0.29) is 0 Å². The zero-order valence-corrected chi connectivity index (χ0v) is 12.4. The predicted molar refractivity (Wildman–Crippen MR) is 76.4 cm³/mol. The van der Waals surface area contributed by atoms with Gasteiger partial charge in [0, 0.05) is 6.04 Å². The first-order valence-corrected chi connectivity index (χ1v) is 7.56. The van der Waals surface area contributed by atoms with Gasteiger partial charge in [-0.1, -0.05) is 26.7 Å². The lowest BCUT2D eigenvalue weighted by Gasteiger charge is -2.43. The van der Waals surface area contributed by atoms with Crippen LogP contribution in [0, 0.1) is 5.41 Å². The van der Waals surface area contributed by atoms with Gasteiger partial charge >= 0.3 is 0 Å². The van der Waals surface area contributed by atoms with Crippen LogP contribution in [0.15, 0.2) is 0 Å². The van der Waals surface area contributed by atoms with Crippen molar-refractivity contribution in [3.63, 3.8) is 0 Å². The van der Waals surface area contributed by atoms with Crippen LogP contribution in [0.4, 0.5) is 0 Å². The molecule has 0 saturated carbocycles. The Morgan fingerprint density at radius 3 is 2.24 bits per heavy atom. The average molecular weight is 240 g/mol. The fourth-order valence-corrected chi connectivity index (χ4v) is 3.15. The van der Waals surface area contributed by atoms with Crippen molar-refractivity contribution >= 4 is 0 Å². The highest BCUT2D eigenvalue weighted by Crippen LogP contribution is 2.38. The van der Waals surface area contributed by atoms with Gasteiger partial charge in [0.25, 0.3) is 0 Å². The van der Waals surface area contributed by atoms with E-state index in [1.165, 1.54) is 51.6 Å². The Morgan fingerprint density at radius 2 is 1.76 bits per heavy atom. The quantitative estimate of drug-likeness (QED) is 0.687. The normalized spacial score (nSPS) is 22.6. The molecular weight excluding hydrogens is 208 g/mol. The first kappa shape index (κ1) is 15.0. The van der Waals surface area contributed by atoms with Crippen LogP contribution < -0.4 is 5.32 Å². The fourth-order valence-electron chi connectivity index (χ4n) is 3.15. The van der Waals surface area contributed by atoms with Crippen LogP contribution in [0.5, 0.6) is 0 Å². The van der Waals surface area contributed by atoms with Crippen LogP contribution in [-0.2, 0) is 0 Å². The maximum atomic E-state index is 3.24. The molecule has 0 aromatic heterocycles. The Hall–Kier alpha value is -0.0800. The van der Waals surface area contributed by atoms with E-state index >= 15 is 0 Å². The smallest absolute Gasteiger partial charge is 0.00674 e. The topological polar surface area (TPSA) is 15.3 Å². The summed E-state index contributed by atoms with van der Waals surface area (Å²) in [6.07, 6.45) is 8.21. The molecule has 17 heavy (non-hydrogen) atoms. The van der Waals surface area contributed by atoms with E-state index in [1.54, 1.807) is 0 Å². The Morgan fingerprint density at radius 1 is 1.18 bits per heavy atom. The molecule has 1 heterocycles. The van der Waals surface area contributed by atoms with Gasteiger partial charge in [0.15, 0.2) is 0 Å². The lowest BCUT2D eigenvalue weighted by atomic mass is 9.74. The largest absolute Gasteiger partial charge is 0.320 e. The monoisotopic (exact) mass is 240 g/mol. The summed E-state index contributed by atoms with van der Waals surface area (Å²) in [4.78, 5) is 2.71. The standard InChI is InChI=1S/C15H32N2/c1-5-15(6-2)9-12-17(13-10-15)14(3)8-7-11-16-4/h14,16H,5-13H2,1-4H3. The Balaban J connectivity index is 2.30. The third kappa shape index (κ3) is 4.26. The van der Waals surface area contributed by atoms with E-state index < -0.39 is 0 Å². The molecule has 0 amide bonds. The van der Waals surface area contributed by atoms with Gasteiger partial charge in [0.2, 0.25) is 0 Å². The van der Waals surface area contributed by atoms with Gasteiger partial charge in [0.05, 0.1) is 0 Å². The molecule has 1 fully saturated rings. The minimum Gasteiger partial charge on any atom is -0.320 e. The summed E-state index contributed by atoms with van der Waals surface area (Å²) in [6, 6.07) is 0.773. The van der Waals surface area contributed by atoms with Crippen molar-refractivity contribution in [2.75, 3.05) is 26.7 Å². The zero-order chi connectivity index (χ0) is 12.7. The zero-order valence-electron chi connectivity index (χ0n) is 12.4. The van der Waals surface area contributed by atoms with Crippen LogP contribution in [0.3, 0.4) is 0 Å². The molecule has 1 saturated heterocycles. The molecule has 1 aliphatic heterocycles. The number of hydrogen-bond donors (Lipinski definition) is 1. The van der Waals surface area contributed by atoms with Crippen LogP contribution in [-0.4, -0.2) is 37.6 Å². The number of nitrogens with zero attached hydrogens (tertiary/aromatic N) is 1. The summed E-state index contributed by atoms with van der Waals surface area (Å²) < 4.78 is 0. The molecule has 2 nitrogen and oxygen atoms in total. The lowest BCUT2D eigenvalue weighted by molar-refractivity contribution is 0.0680. The van der Waals surface area contributed by atoms with Gasteiger partial charge in [-0.25, -0.2) is 0 Å². The third-order valence-corrected chi connectivity index (χ3v) is 5.03. The molecule has 0 spiro atoms. The molecular formula is C15H32N2. The minimum atomic E-state index is 0.668. The van der Waals surface area contributed by atoms with E-state index in [2.05, 4.69) is 31.0 Å². The van der Waals surface area contributed by atoms with E-state index in [0.29, 0.717) is 5.41 Å². The molecule has 0 aliphatic carbocycles. The van der Waals surface area contributed by atoms with E-state index in [1.807, 2.05) is 7.05 Å². The Labute approximate surface area is 108 Å². The summed E-state index contributed by atoms with van der Waals surface area (Å²) in [7, 11) is 2.04. The van der Waals surface area contributed by atoms with E-state index in [9.17, 15) is 0 Å². The molecule has 0 aromatic carbocycles. The van der Waals surface area contributed by atoms with Crippen molar-refractivity contribution in [1.29, 1.82) is 0 Å². The second-order valence-corrected chi connectivity index (χ2v) is 5.84. The molecule has 0 radical (unpaired) electrons. The second kappa shape index (κ2) is 7.38. The maximum absolute atomic E-state index is 3.24. The van der Waals surface area contributed by atoms with Crippen molar-refractivity contribution in [2.24, 2.45) is 5.41 Å². The Kier molecular flexibility index (Phi) is 6.50. The molecule has 1 unspecified atom stereocenters. The molecule has 102 valence electrons. The number of nitrogens with one attached hydrogen (secondary N) is 1. The highest BCUT2D eigenvalue weighted by atomic mass is 15.2. The van der Waals surface area contributed by atoms with Crippen molar-refractivity contribution in [3.05, 3.63) is 0 Å². The van der Waals surface area contributed by atoms with Crippen molar-refractivity contribution in [1.82, 2.24) is 10.2 Å². The fraction of sp³-hybridized carbons (Fsp3) is 1.00. The molecule has 0 bridgehead atoms. The van der Waals surface area contributed by atoms with Crippen LogP contribution in [0.1, 0.15) is 59.3 Å². The average Bonchev–Trinajstić information content (AvgIpc) is 2.39. The molecule has 1 atom stereocenters. The van der Waals surface area contributed by atoms with Crippen LogP contribution in [0.25, 0.3) is 0 Å². The van der Waals surface area contributed by atoms with E-state index in [0.717, 1.165) is 12.6 Å². The highest BCUT2D eigenvalue weighted by molar-refractivity contribution is 4.85. The summed E-state index contributed by atoms with van der Waals surface area (Å²) >= 11 is 0. The van der Waals surface area contributed by atoms with Gasteiger partial charge in [-0.3, -0.25) is 0 Å². The van der Waals surface area contributed by atoms with Crippen molar-refractivity contribution in [2.45, 2.75) is 65.3 Å². The molecule has 2 heteroatoms. The van der Waals surface area contributed by atoms with Gasteiger partial charge < -0.3 is 10.2 Å². The molecule has 1 aliphatic rings. The van der Waals surface area contributed by atoms with Gasteiger partial charge in [-0.05, 0) is 64.7 Å². The molecule has 0 aromatic rings. The summed E-state index contributed by atoms with van der Waals surface area (Å²) in [5.74, 6) is 0. The van der Waals surface area contributed by atoms with Gasteiger partial charge in [-0.15, -0.1) is 0 Å². The number of rotatable bonds is 7. The van der Waals surface area contributed by atoms with Crippen LogP contribution in [0.2, 0.25) is 0 Å². The first-order chi connectivity index (χ1) is 8.17. The lowest BCUT2D eigenvalue weighted by Crippen LogP contribution is -2.44. The maximum Gasteiger partial charge on any atom is 0.00674 e. The summed E-state index contributed by atoms with van der Waals surface area (Å²) in [5.41, 5.74) is 0.668. The van der Waals surface area contributed by atoms with Gasteiger partial charge in [0.1, 0.15) is 0 Å². The SMILES string of the molecule is CCC1(CC)CCN(C(C)CCCNC)CC1. The number of likely N-dealkylation sites (tertiary alicyclic amines) is 1. The van der Waals surface area contributed by atoms with Crippen molar-refractivity contribution < 1.29 is 0 Å². The Bertz CT molecular complexity index is 189.